The lowest BCUT2D eigenvalue weighted by Gasteiger charge is -2.41. The quantitative estimate of drug-likeness (QED) is 0.897. The van der Waals surface area contributed by atoms with E-state index in [1.165, 1.54) is 37.7 Å². The third-order valence-corrected chi connectivity index (χ3v) is 6.84. The first-order chi connectivity index (χ1) is 10.1. The summed E-state index contributed by atoms with van der Waals surface area (Å²) in [4.78, 5) is 12.5. The Kier molecular flexibility index (Phi) is 2.62. The van der Waals surface area contributed by atoms with Gasteiger partial charge in [0, 0.05) is 5.41 Å². The monoisotopic (exact) mass is 283 g/mol. The smallest absolute Gasteiger partial charge is 0.224 e. The van der Waals surface area contributed by atoms with E-state index in [1.807, 2.05) is 0 Å². The lowest BCUT2D eigenvalue weighted by Crippen LogP contribution is -2.46. The van der Waals surface area contributed by atoms with Crippen molar-refractivity contribution in [3.63, 3.8) is 0 Å². The summed E-state index contributed by atoms with van der Waals surface area (Å²) in [5.41, 5.74) is 7.49. The van der Waals surface area contributed by atoms with Gasteiger partial charge in [-0.1, -0.05) is 43.7 Å². The Morgan fingerprint density at radius 3 is 2.62 bits per heavy atom. The minimum absolute atomic E-state index is 0.0260. The van der Waals surface area contributed by atoms with Crippen LogP contribution in [0.2, 0.25) is 0 Å². The molecule has 0 saturated heterocycles. The van der Waals surface area contributed by atoms with E-state index in [9.17, 15) is 4.79 Å². The van der Waals surface area contributed by atoms with Gasteiger partial charge in [0.05, 0.1) is 5.41 Å². The zero-order valence-corrected chi connectivity index (χ0v) is 12.9. The van der Waals surface area contributed by atoms with E-state index in [-0.39, 0.29) is 16.7 Å². The lowest BCUT2D eigenvalue weighted by molar-refractivity contribution is -0.130. The fourth-order valence-corrected chi connectivity index (χ4v) is 6.66. The average molecular weight is 283 g/mol. The van der Waals surface area contributed by atoms with Crippen molar-refractivity contribution in [1.29, 1.82) is 0 Å². The second kappa shape index (κ2) is 4.12. The van der Waals surface area contributed by atoms with Gasteiger partial charge in [0.25, 0.3) is 0 Å². The van der Waals surface area contributed by atoms with E-state index in [2.05, 4.69) is 37.3 Å². The molecule has 21 heavy (non-hydrogen) atoms. The van der Waals surface area contributed by atoms with Gasteiger partial charge in [0.2, 0.25) is 5.91 Å². The highest BCUT2D eigenvalue weighted by Crippen LogP contribution is 2.77. The van der Waals surface area contributed by atoms with Crippen LogP contribution in [0.4, 0.5) is 0 Å². The number of nitrogens with two attached hydrogens (primary N) is 1. The molecule has 4 atom stereocenters. The van der Waals surface area contributed by atoms with Crippen LogP contribution in [0.15, 0.2) is 30.3 Å². The summed E-state index contributed by atoms with van der Waals surface area (Å²) in [5, 5.41) is 0. The first kappa shape index (κ1) is 13.4. The number of benzene rings is 1. The fraction of sp³-hybridized carbons (Fsp3) is 0.632. The van der Waals surface area contributed by atoms with Gasteiger partial charge in [0.1, 0.15) is 0 Å². The summed E-state index contributed by atoms with van der Waals surface area (Å²) in [6, 6.07) is 10.8. The van der Waals surface area contributed by atoms with Crippen molar-refractivity contribution in [3.8, 4) is 0 Å². The van der Waals surface area contributed by atoms with Crippen molar-refractivity contribution in [3.05, 3.63) is 35.9 Å². The molecule has 0 aliphatic heterocycles. The highest BCUT2D eigenvalue weighted by molar-refractivity contribution is 5.85. The molecule has 4 saturated carbocycles. The molecule has 4 aliphatic carbocycles. The lowest BCUT2D eigenvalue weighted by atomic mass is 9.63. The summed E-state index contributed by atoms with van der Waals surface area (Å²) in [6.07, 6.45) is 8.21. The maximum Gasteiger partial charge on any atom is 0.224 e. The van der Waals surface area contributed by atoms with Gasteiger partial charge >= 0.3 is 0 Å². The Hall–Kier alpha value is -1.31. The predicted octanol–water partition coefficient (Wildman–Crippen LogP) is 3.79. The van der Waals surface area contributed by atoms with Gasteiger partial charge in [-0.3, -0.25) is 4.79 Å². The van der Waals surface area contributed by atoms with Crippen molar-refractivity contribution in [2.24, 2.45) is 22.5 Å². The van der Waals surface area contributed by atoms with Crippen molar-refractivity contribution < 1.29 is 4.79 Å². The van der Waals surface area contributed by atoms with Gasteiger partial charge in [0.15, 0.2) is 0 Å². The molecule has 2 unspecified atom stereocenters. The molecule has 0 spiro atoms. The van der Waals surface area contributed by atoms with Crippen LogP contribution in [-0.4, -0.2) is 5.91 Å². The number of hydrogen-bond donors (Lipinski definition) is 1. The molecule has 0 heterocycles. The Labute approximate surface area is 127 Å². The molecule has 1 amide bonds. The van der Waals surface area contributed by atoms with E-state index in [0.29, 0.717) is 11.3 Å². The minimum atomic E-state index is -0.271. The van der Waals surface area contributed by atoms with Crippen LogP contribution < -0.4 is 5.73 Å². The molecule has 1 aromatic rings. The predicted molar refractivity (Wildman–Crippen MR) is 83.7 cm³/mol. The first-order valence-corrected chi connectivity index (χ1v) is 8.41. The molecule has 2 nitrogen and oxygen atoms in total. The average Bonchev–Trinajstić information content (AvgIpc) is 2.81. The topological polar surface area (TPSA) is 43.1 Å². The van der Waals surface area contributed by atoms with Crippen molar-refractivity contribution in [2.45, 2.75) is 57.3 Å². The molecule has 112 valence electrons. The van der Waals surface area contributed by atoms with E-state index in [4.69, 9.17) is 5.73 Å². The van der Waals surface area contributed by atoms with Crippen LogP contribution in [0.3, 0.4) is 0 Å². The largest absolute Gasteiger partial charge is 0.369 e. The Balaban J connectivity index is 1.88. The minimum Gasteiger partial charge on any atom is -0.369 e. The third-order valence-electron chi connectivity index (χ3n) is 6.84. The molecule has 2 heteroatoms. The Morgan fingerprint density at radius 2 is 1.95 bits per heavy atom. The molecule has 4 bridgehead atoms. The number of primary amides is 1. The van der Waals surface area contributed by atoms with Gasteiger partial charge < -0.3 is 5.73 Å². The molecule has 0 radical (unpaired) electrons. The van der Waals surface area contributed by atoms with Gasteiger partial charge in [-0.2, -0.15) is 0 Å². The van der Waals surface area contributed by atoms with E-state index >= 15 is 0 Å². The van der Waals surface area contributed by atoms with Gasteiger partial charge in [-0.05, 0) is 55.4 Å². The molecular weight excluding hydrogens is 258 g/mol. The maximum absolute atomic E-state index is 12.5. The van der Waals surface area contributed by atoms with E-state index in [1.54, 1.807) is 0 Å². The molecule has 2 N–H and O–H groups in total. The zero-order valence-electron chi connectivity index (χ0n) is 12.9. The molecule has 4 aliphatic rings. The Bertz CT molecular complexity index is 582. The normalized spacial score (nSPS) is 43.4. The Morgan fingerprint density at radius 1 is 1.19 bits per heavy atom. The summed E-state index contributed by atoms with van der Waals surface area (Å²) in [6.45, 7) is 2.27. The number of amides is 1. The number of hydrogen-bond acceptors (Lipinski definition) is 1. The van der Waals surface area contributed by atoms with Gasteiger partial charge in [-0.15, -0.1) is 0 Å². The number of rotatable bonds is 4. The summed E-state index contributed by atoms with van der Waals surface area (Å²) >= 11 is 0. The highest BCUT2D eigenvalue weighted by Gasteiger charge is 2.73. The van der Waals surface area contributed by atoms with Crippen molar-refractivity contribution in [2.75, 3.05) is 0 Å². The van der Waals surface area contributed by atoms with Crippen LogP contribution in [0.1, 0.15) is 57.4 Å². The van der Waals surface area contributed by atoms with Crippen LogP contribution in [0.25, 0.3) is 0 Å². The summed E-state index contributed by atoms with van der Waals surface area (Å²) in [7, 11) is 0. The molecule has 5 rings (SSSR count). The van der Waals surface area contributed by atoms with Crippen LogP contribution in [0, 0.1) is 16.7 Å². The second-order valence-electron chi connectivity index (χ2n) is 7.98. The molecule has 4 fully saturated rings. The molecule has 1 aromatic carbocycles. The molecule has 0 aromatic heterocycles. The number of carbonyl (C=O) groups is 1. The van der Waals surface area contributed by atoms with Crippen LogP contribution in [0.5, 0.6) is 0 Å². The fourth-order valence-electron chi connectivity index (χ4n) is 6.66. The van der Waals surface area contributed by atoms with Crippen LogP contribution >= 0.6 is 0 Å². The summed E-state index contributed by atoms with van der Waals surface area (Å²) in [5.74, 6) is 0.665. The van der Waals surface area contributed by atoms with Crippen molar-refractivity contribution >= 4 is 5.91 Å². The summed E-state index contributed by atoms with van der Waals surface area (Å²) < 4.78 is 0. The van der Waals surface area contributed by atoms with Gasteiger partial charge in [-0.25, -0.2) is 0 Å². The highest BCUT2D eigenvalue weighted by atomic mass is 16.1. The van der Waals surface area contributed by atoms with Crippen molar-refractivity contribution in [1.82, 2.24) is 0 Å². The standard InChI is InChI=1S/C19H25NO/c1-2-8-17-9-14-10-18(12-17,15-6-4-3-5-7-15)19(11-14,13-17)16(20)21/h3-7,14H,2,8-13H2,1H3,(H2,20,21)/t14?,17-,18+,19?/m0/s1. The second-order valence-corrected chi connectivity index (χ2v) is 7.98. The zero-order chi connectivity index (χ0) is 14.7. The molecular formula is C19H25NO. The van der Waals surface area contributed by atoms with Crippen LogP contribution in [-0.2, 0) is 10.2 Å². The SMILES string of the molecule is CCC[C@@]12CC3CC(C(N)=O)(C1)[C@](c1ccccc1)(C3)C2. The maximum atomic E-state index is 12.5. The van der Waals surface area contributed by atoms with E-state index < -0.39 is 0 Å². The third kappa shape index (κ3) is 1.51. The number of carbonyl (C=O) groups excluding carboxylic acids is 1. The van der Waals surface area contributed by atoms with E-state index in [0.717, 1.165) is 12.8 Å². The first-order valence-electron chi connectivity index (χ1n) is 8.41.